The van der Waals surface area contributed by atoms with Gasteiger partial charge in [-0.1, -0.05) is 20.3 Å². The smallest absolute Gasteiger partial charge is 0.230 e. The standard InChI is InChI=1S/C15H28N2O/c1-11(2)12-6-9-17(10-7-12)14(18)15(3)8-4-5-13(15)16/h11-13H,4-10,16H2,1-3H3. The zero-order valence-corrected chi connectivity index (χ0v) is 12.1. The van der Waals surface area contributed by atoms with Crippen molar-refractivity contribution in [2.45, 2.75) is 58.9 Å². The number of nitrogens with two attached hydrogens (primary N) is 1. The molecule has 1 aliphatic carbocycles. The van der Waals surface area contributed by atoms with E-state index in [9.17, 15) is 4.79 Å². The van der Waals surface area contributed by atoms with Crippen LogP contribution in [0.1, 0.15) is 52.9 Å². The van der Waals surface area contributed by atoms with Crippen molar-refractivity contribution in [2.75, 3.05) is 13.1 Å². The maximum absolute atomic E-state index is 12.7. The minimum Gasteiger partial charge on any atom is -0.342 e. The first-order valence-corrected chi connectivity index (χ1v) is 7.50. The summed E-state index contributed by atoms with van der Waals surface area (Å²) in [6.45, 7) is 8.52. The fourth-order valence-corrected chi connectivity index (χ4v) is 3.59. The van der Waals surface area contributed by atoms with E-state index in [1.165, 1.54) is 0 Å². The average molecular weight is 252 g/mol. The first kappa shape index (κ1) is 13.9. The third kappa shape index (κ3) is 2.42. The fraction of sp³-hybridized carbons (Fsp3) is 0.933. The lowest BCUT2D eigenvalue weighted by molar-refractivity contribution is -0.143. The molecule has 1 heterocycles. The topological polar surface area (TPSA) is 46.3 Å². The second-order valence-electron chi connectivity index (χ2n) is 6.79. The van der Waals surface area contributed by atoms with Crippen LogP contribution in [-0.4, -0.2) is 29.9 Å². The van der Waals surface area contributed by atoms with Crippen molar-refractivity contribution in [2.24, 2.45) is 23.0 Å². The van der Waals surface area contributed by atoms with Crippen molar-refractivity contribution in [1.82, 2.24) is 4.90 Å². The molecule has 2 N–H and O–H groups in total. The van der Waals surface area contributed by atoms with Crippen LogP contribution in [0.25, 0.3) is 0 Å². The fourth-order valence-electron chi connectivity index (χ4n) is 3.59. The molecule has 0 aromatic heterocycles. The Kier molecular flexibility index (Phi) is 4.00. The van der Waals surface area contributed by atoms with Crippen LogP contribution in [0.3, 0.4) is 0 Å². The molecule has 1 saturated heterocycles. The molecule has 1 amide bonds. The van der Waals surface area contributed by atoms with Crippen molar-refractivity contribution < 1.29 is 4.79 Å². The number of amides is 1. The molecule has 2 rings (SSSR count). The molecule has 0 bridgehead atoms. The molecule has 2 unspecified atom stereocenters. The van der Waals surface area contributed by atoms with Crippen LogP contribution >= 0.6 is 0 Å². The van der Waals surface area contributed by atoms with Crippen LogP contribution in [0.5, 0.6) is 0 Å². The first-order chi connectivity index (χ1) is 8.45. The normalized spacial score (nSPS) is 34.3. The summed E-state index contributed by atoms with van der Waals surface area (Å²) in [6.07, 6.45) is 5.40. The van der Waals surface area contributed by atoms with Gasteiger partial charge in [0.25, 0.3) is 0 Å². The molecular weight excluding hydrogens is 224 g/mol. The van der Waals surface area contributed by atoms with E-state index in [1.54, 1.807) is 0 Å². The minimum atomic E-state index is -0.287. The van der Waals surface area contributed by atoms with Crippen LogP contribution in [0.4, 0.5) is 0 Å². The zero-order valence-electron chi connectivity index (χ0n) is 12.1. The summed E-state index contributed by atoms with van der Waals surface area (Å²) in [5, 5.41) is 0. The molecule has 3 nitrogen and oxygen atoms in total. The summed E-state index contributed by atoms with van der Waals surface area (Å²) >= 11 is 0. The van der Waals surface area contributed by atoms with Gasteiger partial charge >= 0.3 is 0 Å². The summed E-state index contributed by atoms with van der Waals surface area (Å²) in [5.74, 6) is 1.85. The molecule has 3 heteroatoms. The maximum atomic E-state index is 12.7. The van der Waals surface area contributed by atoms with E-state index in [2.05, 4.69) is 25.7 Å². The van der Waals surface area contributed by atoms with Gasteiger partial charge in [-0.05, 0) is 44.4 Å². The Bertz CT molecular complexity index is 308. The second kappa shape index (κ2) is 5.20. The quantitative estimate of drug-likeness (QED) is 0.820. The number of likely N-dealkylation sites (tertiary alicyclic amines) is 1. The molecule has 0 spiro atoms. The first-order valence-electron chi connectivity index (χ1n) is 7.50. The largest absolute Gasteiger partial charge is 0.342 e. The number of piperidine rings is 1. The van der Waals surface area contributed by atoms with Gasteiger partial charge in [0.05, 0.1) is 5.41 Å². The van der Waals surface area contributed by atoms with Crippen LogP contribution in [-0.2, 0) is 4.79 Å². The van der Waals surface area contributed by atoms with Gasteiger partial charge in [0.15, 0.2) is 0 Å². The molecule has 1 aliphatic heterocycles. The third-order valence-corrected chi connectivity index (χ3v) is 5.29. The van der Waals surface area contributed by atoms with Crippen LogP contribution in [0, 0.1) is 17.3 Å². The highest BCUT2D eigenvalue weighted by Crippen LogP contribution is 2.39. The summed E-state index contributed by atoms with van der Waals surface area (Å²) in [4.78, 5) is 14.7. The Morgan fingerprint density at radius 1 is 1.28 bits per heavy atom. The zero-order chi connectivity index (χ0) is 13.3. The van der Waals surface area contributed by atoms with Crippen molar-refractivity contribution in [3.8, 4) is 0 Å². The number of carbonyl (C=O) groups excluding carboxylic acids is 1. The van der Waals surface area contributed by atoms with E-state index < -0.39 is 0 Å². The number of rotatable bonds is 2. The highest BCUT2D eigenvalue weighted by atomic mass is 16.2. The lowest BCUT2D eigenvalue weighted by atomic mass is 9.81. The monoisotopic (exact) mass is 252 g/mol. The van der Waals surface area contributed by atoms with Crippen LogP contribution in [0.15, 0.2) is 0 Å². The Morgan fingerprint density at radius 2 is 1.89 bits per heavy atom. The van der Waals surface area contributed by atoms with E-state index in [1.807, 2.05) is 0 Å². The predicted molar refractivity (Wildman–Crippen MR) is 74.1 cm³/mol. The van der Waals surface area contributed by atoms with Crippen molar-refractivity contribution in [3.63, 3.8) is 0 Å². The van der Waals surface area contributed by atoms with Crippen molar-refractivity contribution in [3.05, 3.63) is 0 Å². The highest BCUT2D eigenvalue weighted by molar-refractivity contribution is 5.83. The second-order valence-corrected chi connectivity index (χ2v) is 6.79. The molecule has 2 fully saturated rings. The van der Waals surface area contributed by atoms with E-state index in [-0.39, 0.29) is 11.5 Å². The van der Waals surface area contributed by atoms with Gasteiger partial charge in [0.1, 0.15) is 0 Å². The highest BCUT2D eigenvalue weighted by Gasteiger charge is 2.45. The van der Waals surface area contributed by atoms with E-state index >= 15 is 0 Å². The molecule has 2 aliphatic rings. The Labute approximate surface area is 111 Å². The molecule has 104 valence electrons. The Morgan fingerprint density at radius 3 is 2.33 bits per heavy atom. The SMILES string of the molecule is CC(C)C1CCN(C(=O)C2(C)CCCC2N)CC1. The van der Waals surface area contributed by atoms with Gasteiger partial charge in [-0.15, -0.1) is 0 Å². The lowest BCUT2D eigenvalue weighted by Crippen LogP contribution is -2.51. The number of nitrogens with zero attached hydrogens (tertiary/aromatic N) is 1. The number of hydrogen-bond donors (Lipinski definition) is 1. The van der Waals surface area contributed by atoms with Crippen molar-refractivity contribution in [1.29, 1.82) is 0 Å². The summed E-state index contributed by atoms with van der Waals surface area (Å²) in [5.41, 5.74) is 5.86. The molecule has 0 aromatic rings. The molecule has 2 atom stereocenters. The van der Waals surface area contributed by atoms with Gasteiger partial charge in [0.2, 0.25) is 5.91 Å². The van der Waals surface area contributed by atoms with Crippen LogP contribution < -0.4 is 5.73 Å². The summed E-state index contributed by atoms with van der Waals surface area (Å²) < 4.78 is 0. The Hall–Kier alpha value is -0.570. The van der Waals surface area contributed by atoms with Gasteiger partial charge < -0.3 is 10.6 Å². The molecule has 0 aromatic carbocycles. The molecular formula is C15H28N2O. The average Bonchev–Trinajstić information content (AvgIpc) is 2.70. The van der Waals surface area contributed by atoms with E-state index in [0.717, 1.165) is 57.0 Å². The van der Waals surface area contributed by atoms with E-state index in [4.69, 9.17) is 5.73 Å². The molecule has 18 heavy (non-hydrogen) atoms. The van der Waals surface area contributed by atoms with Gasteiger partial charge in [-0.2, -0.15) is 0 Å². The molecule has 0 radical (unpaired) electrons. The van der Waals surface area contributed by atoms with Crippen LogP contribution in [0.2, 0.25) is 0 Å². The third-order valence-electron chi connectivity index (χ3n) is 5.29. The summed E-state index contributed by atoms with van der Waals surface area (Å²) in [7, 11) is 0. The number of carbonyl (C=O) groups is 1. The Balaban J connectivity index is 1.95. The van der Waals surface area contributed by atoms with Gasteiger partial charge in [-0.25, -0.2) is 0 Å². The maximum Gasteiger partial charge on any atom is 0.230 e. The molecule has 1 saturated carbocycles. The van der Waals surface area contributed by atoms with E-state index in [0.29, 0.717) is 5.91 Å². The van der Waals surface area contributed by atoms with Gasteiger partial charge in [-0.3, -0.25) is 4.79 Å². The van der Waals surface area contributed by atoms with Crippen molar-refractivity contribution >= 4 is 5.91 Å². The predicted octanol–water partition coefficient (Wildman–Crippen LogP) is 2.40. The summed E-state index contributed by atoms with van der Waals surface area (Å²) in [6, 6.07) is 0.0628. The lowest BCUT2D eigenvalue weighted by Gasteiger charge is -2.39. The number of hydrogen-bond acceptors (Lipinski definition) is 2. The van der Waals surface area contributed by atoms with Gasteiger partial charge in [0, 0.05) is 19.1 Å². The minimum absolute atomic E-state index is 0.0628.